The van der Waals surface area contributed by atoms with Gasteiger partial charge in [-0.25, -0.2) is 4.79 Å². The van der Waals surface area contributed by atoms with Crippen LogP contribution >= 0.6 is 0 Å². The molecule has 0 aromatic heterocycles. The number of carbonyl (C=O) groups is 1. The summed E-state index contributed by atoms with van der Waals surface area (Å²) >= 11 is 0. The molecule has 116 valence electrons. The third-order valence-corrected chi connectivity index (χ3v) is 3.29. The highest BCUT2D eigenvalue weighted by atomic mass is 19.4. The molecule has 1 N–H and O–H groups in total. The first-order valence-electron chi connectivity index (χ1n) is 6.35. The number of carbonyl (C=O) groups excluding carboxylic acids is 1. The van der Waals surface area contributed by atoms with Crippen LogP contribution in [0.4, 0.5) is 13.2 Å². The lowest BCUT2D eigenvalue weighted by molar-refractivity contribution is -0.161. The monoisotopic (exact) mass is 310 g/mol. The molecule has 1 unspecified atom stereocenters. The molecule has 0 amide bonds. The molecule has 0 saturated heterocycles. The number of benzene rings is 2. The van der Waals surface area contributed by atoms with Gasteiger partial charge >= 0.3 is 12.1 Å². The second-order valence-electron chi connectivity index (χ2n) is 4.61. The fourth-order valence-electron chi connectivity index (χ4n) is 2.26. The van der Waals surface area contributed by atoms with Gasteiger partial charge in [-0.2, -0.15) is 13.2 Å². The first kappa shape index (κ1) is 16.0. The van der Waals surface area contributed by atoms with Gasteiger partial charge in [0.1, 0.15) is 0 Å². The van der Waals surface area contributed by atoms with Crippen molar-refractivity contribution < 1.29 is 27.8 Å². The molecule has 1 atom stereocenters. The van der Waals surface area contributed by atoms with E-state index in [9.17, 15) is 23.1 Å². The maximum atomic E-state index is 13.2. The third kappa shape index (κ3) is 2.69. The van der Waals surface area contributed by atoms with Gasteiger partial charge in [0.2, 0.25) is 5.60 Å². The van der Waals surface area contributed by atoms with Crippen LogP contribution in [0, 0.1) is 0 Å². The Hall–Kier alpha value is -2.34. The van der Waals surface area contributed by atoms with E-state index in [2.05, 4.69) is 4.74 Å². The van der Waals surface area contributed by atoms with E-state index in [1.165, 1.54) is 36.4 Å². The molecule has 2 rings (SSSR count). The highest BCUT2D eigenvalue weighted by molar-refractivity contribution is 5.86. The minimum Gasteiger partial charge on any atom is -0.466 e. The zero-order valence-electron chi connectivity index (χ0n) is 11.6. The molecule has 22 heavy (non-hydrogen) atoms. The summed E-state index contributed by atoms with van der Waals surface area (Å²) in [4.78, 5) is 12.1. The molecule has 2 aromatic rings. The smallest absolute Gasteiger partial charge is 0.416 e. The number of hydrogen-bond acceptors (Lipinski definition) is 3. The van der Waals surface area contributed by atoms with Gasteiger partial charge in [-0.15, -0.1) is 0 Å². The summed E-state index contributed by atoms with van der Waals surface area (Å²) in [5.41, 5.74) is -4.20. The Bertz CT molecular complexity index is 668. The molecule has 0 spiro atoms. The minimum atomic E-state index is -4.71. The van der Waals surface area contributed by atoms with Gasteiger partial charge < -0.3 is 9.84 Å². The molecule has 0 heterocycles. The molecule has 2 aromatic carbocycles. The summed E-state index contributed by atoms with van der Waals surface area (Å²) in [5, 5.41) is 10.8. The van der Waals surface area contributed by atoms with Crippen molar-refractivity contribution in [3.05, 3.63) is 71.3 Å². The number of aliphatic hydroxyl groups is 1. The number of esters is 1. The van der Waals surface area contributed by atoms with Crippen LogP contribution in [0.3, 0.4) is 0 Å². The van der Waals surface area contributed by atoms with Gasteiger partial charge in [0.15, 0.2) is 0 Å². The van der Waals surface area contributed by atoms with Gasteiger partial charge in [0, 0.05) is 5.56 Å². The number of halogens is 3. The number of ether oxygens (including phenoxy) is 1. The lowest BCUT2D eigenvalue weighted by atomic mass is 9.83. The van der Waals surface area contributed by atoms with E-state index in [1.54, 1.807) is 6.07 Å². The predicted molar refractivity (Wildman–Crippen MR) is 72.9 cm³/mol. The molecule has 0 bridgehead atoms. The minimum absolute atomic E-state index is 0.00134. The number of hydrogen-bond donors (Lipinski definition) is 1. The number of rotatable bonds is 3. The van der Waals surface area contributed by atoms with Gasteiger partial charge in [0.05, 0.1) is 12.7 Å². The average molecular weight is 310 g/mol. The molecule has 0 aliphatic carbocycles. The molecular formula is C16H13F3O3. The van der Waals surface area contributed by atoms with Gasteiger partial charge in [-0.3, -0.25) is 0 Å². The van der Waals surface area contributed by atoms with Crippen LogP contribution in [0.5, 0.6) is 0 Å². The summed E-state index contributed by atoms with van der Waals surface area (Å²) in [6, 6.07) is 11.8. The maximum absolute atomic E-state index is 13.2. The van der Waals surface area contributed by atoms with Crippen molar-refractivity contribution >= 4 is 5.97 Å². The summed E-state index contributed by atoms with van der Waals surface area (Å²) in [5.74, 6) is -1.18. The molecule has 6 heteroatoms. The normalized spacial score (nSPS) is 14.2. The maximum Gasteiger partial charge on any atom is 0.416 e. The second-order valence-corrected chi connectivity index (χ2v) is 4.61. The van der Waals surface area contributed by atoms with Gasteiger partial charge in [-0.05, 0) is 11.6 Å². The van der Waals surface area contributed by atoms with E-state index in [0.717, 1.165) is 19.2 Å². The molecule has 0 saturated carbocycles. The van der Waals surface area contributed by atoms with Crippen LogP contribution in [-0.2, 0) is 21.3 Å². The standard InChI is InChI=1S/C16H13F3O3/c1-22-14(20)15(21,11-7-3-2-4-8-11)12-9-5-6-10-13(12)16(17,18)19/h2-10,21H,1H3. The highest BCUT2D eigenvalue weighted by Crippen LogP contribution is 2.40. The lowest BCUT2D eigenvalue weighted by Gasteiger charge is -2.28. The van der Waals surface area contributed by atoms with E-state index in [4.69, 9.17) is 0 Å². The summed E-state index contributed by atoms with van der Waals surface area (Å²) in [6.45, 7) is 0. The van der Waals surface area contributed by atoms with Crippen molar-refractivity contribution in [2.45, 2.75) is 11.8 Å². The van der Waals surface area contributed by atoms with Crippen LogP contribution in [0.2, 0.25) is 0 Å². The van der Waals surface area contributed by atoms with Gasteiger partial charge in [-0.1, -0.05) is 48.5 Å². The van der Waals surface area contributed by atoms with Gasteiger partial charge in [0.25, 0.3) is 0 Å². The van der Waals surface area contributed by atoms with Crippen LogP contribution in [0.15, 0.2) is 54.6 Å². The molecule has 0 fully saturated rings. The van der Waals surface area contributed by atoms with Crippen LogP contribution < -0.4 is 0 Å². The van der Waals surface area contributed by atoms with E-state index < -0.39 is 28.9 Å². The van der Waals surface area contributed by atoms with Crippen molar-refractivity contribution in [1.82, 2.24) is 0 Å². The Morgan fingerprint density at radius 2 is 1.45 bits per heavy atom. The van der Waals surface area contributed by atoms with E-state index in [1.807, 2.05) is 0 Å². The fraction of sp³-hybridized carbons (Fsp3) is 0.188. The van der Waals surface area contributed by atoms with Crippen molar-refractivity contribution in [1.29, 1.82) is 0 Å². The molecule has 3 nitrogen and oxygen atoms in total. The topological polar surface area (TPSA) is 46.5 Å². The largest absolute Gasteiger partial charge is 0.466 e. The summed E-state index contributed by atoms with van der Waals surface area (Å²) in [6.07, 6.45) is -4.71. The van der Waals surface area contributed by atoms with Crippen molar-refractivity contribution in [2.75, 3.05) is 7.11 Å². The Labute approximate surface area is 125 Å². The quantitative estimate of drug-likeness (QED) is 0.886. The van der Waals surface area contributed by atoms with E-state index >= 15 is 0 Å². The van der Waals surface area contributed by atoms with Crippen molar-refractivity contribution in [3.63, 3.8) is 0 Å². The van der Waals surface area contributed by atoms with E-state index in [0.29, 0.717) is 0 Å². The highest BCUT2D eigenvalue weighted by Gasteiger charge is 2.47. The number of methoxy groups -OCH3 is 1. The Morgan fingerprint density at radius 1 is 0.955 bits per heavy atom. The number of alkyl halides is 3. The molecule has 0 aliphatic heterocycles. The van der Waals surface area contributed by atoms with Crippen LogP contribution in [0.25, 0.3) is 0 Å². The summed E-state index contributed by atoms with van der Waals surface area (Å²) < 4.78 is 44.1. The molecule has 0 aliphatic rings. The molecular weight excluding hydrogens is 297 g/mol. The van der Waals surface area contributed by atoms with E-state index in [-0.39, 0.29) is 5.56 Å². The lowest BCUT2D eigenvalue weighted by Crippen LogP contribution is -2.39. The first-order chi connectivity index (χ1) is 10.3. The van der Waals surface area contributed by atoms with Crippen molar-refractivity contribution in [2.24, 2.45) is 0 Å². The second kappa shape index (κ2) is 5.81. The zero-order chi connectivity index (χ0) is 16.4. The summed E-state index contributed by atoms with van der Waals surface area (Å²) in [7, 11) is 1.01. The predicted octanol–water partition coefficient (Wildman–Crippen LogP) is 3.11. The van der Waals surface area contributed by atoms with Crippen molar-refractivity contribution in [3.8, 4) is 0 Å². The SMILES string of the molecule is COC(=O)C(O)(c1ccccc1)c1ccccc1C(F)(F)F. The fourth-order valence-corrected chi connectivity index (χ4v) is 2.26. The van der Waals surface area contributed by atoms with Crippen LogP contribution in [0.1, 0.15) is 16.7 Å². The zero-order valence-corrected chi connectivity index (χ0v) is 11.6. The Kier molecular flexibility index (Phi) is 4.23. The Balaban J connectivity index is 2.75. The van der Waals surface area contributed by atoms with Crippen LogP contribution in [-0.4, -0.2) is 18.2 Å². The Morgan fingerprint density at radius 3 is 1.95 bits per heavy atom. The molecule has 0 radical (unpaired) electrons. The third-order valence-electron chi connectivity index (χ3n) is 3.29. The average Bonchev–Trinajstić information content (AvgIpc) is 2.53. The first-order valence-corrected chi connectivity index (χ1v) is 6.35.